The lowest BCUT2D eigenvalue weighted by atomic mass is 9.85. The van der Waals surface area contributed by atoms with Gasteiger partial charge in [0.25, 0.3) is 0 Å². The largest absolute Gasteiger partial charge is 0.396 e. The highest BCUT2D eigenvalue weighted by molar-refractivity contribution is 6.29. The summed E-state index contributed by atoms with van der Waals surface area (Å²) >= 11 is 5.65. The monoisotopic (exact) mass is 205 g/mol. The van der Waals surface area contributed by atoms with Crippen LogP contribution in [0.4, 0.5) is 0 Å². The molecule has 78 valence electrons. The highest BCUT2D eigenvalue weighted by atomic mass is 35.5. The molecule has 2 N–H and O–H groups in total. The fourth-order valence-corrected chi connectivity index (χ4v) is 1.28. The molecule has 1 atom stereocenters. The average molecular weight is 206 g/mol. The molecule has 0 spiro atoms. The number of aliphatic hydroxyl groups is 1. The molecule has 0 saturated carbocycles. The molecular weight excluding hydrogens is 186 g/mol. The second kappa shape index (κ2) is 5.63. The van der Waals surface area contributed by atoms with E-state index in [1.54, 1.807) is 0 Å². The fourth-order valence-electron chi connectivity index (χ4n) is 1.20. The van der Waals surface area contributed by atoms with E-state index < -0.39 is 0 Å². The van der Waals surface area contributed by atoms with E-state index in [2.05, 4.69) is 32.7 Å². The highest BCUT2D eigenvalue weighted by Crippen LogP contribution is 2.21. The molecule has 0 radical (unpaired) electrons. The van der Waals surface area contributed by atoms with Gasteiger partial charge in [0.1, 0.15) is 0 Å². The normalized spacial score (nSPS) is 14.2. The van der Waals surface area contributed by atoms with Crippen molar-refractivity contribution in [2.45, 2.75) is 33.2 Å². The quantitative estimate of drug-likeness (QED) is 0.721. The van der Waals surface area contributed by atoms with E-state index in [1.165, 1.54) is 0 Å². The lowest BCUT2D eigenvalue weighted by Gasteiger charge is -2.31. The Morgan fingerprint density at radius 2 is 2.08 bits per heavy atom. The Hall–Kier alpha value is -0.0500. The molecule has 2 nitrogen and oxygen atoms in total. The molecule has 13 heavy (non-hydrogen) atoms. The zero-order valence-corrected chi connectivity index (χ0v) is 9.49. The third-order valence-electron chi connectivity index (χ3n) is 2.00. The summed E-state index contributed by atoms with van der Waals surface area (Å²) < 4.78 is 0. The zero-order valence-electron chi connectivity index (χ0n) is 8.73. The first-order valence-electron chi connectivity index (χ1n) is 4.55. The van der Waals surface area contributed by atoms with Crippen molar-refractivity contribution < 1.29 is 5.11 Å². The van der Waals surface area contributed by atoms with Crippen LogP contribution in [-0.4, -0.2) is 24.3 Å². The van der Waals surface area contributed by atoms with Gasteiger partial charge in [0.2, 0.25) is 0 Å². The molecule has 0 fully saturated rings. The first kappa shape index (κ1) is 12.9. The molecule has 0 amide bonds. The first-order chi connectivity index (χ1) is 5.88. The van der Waals surface area contributed by atoms with Crippen molar-refractivity contribution in [3.63, 3.8) is 0 Å². The molecule has 0 aliphatic carbocycles. The Morgan fingerprint density at radius 3 is 2.38 bits per heavy atom. The van der Waals surface area contributed by atoms with Crippen LogP contribution in [0.25, 0.3) is 0 Å². The molecule has 0 rings (SSSR count). The minimum Gasteiger partial charge on any atom is -0.396 e. The lowest BCUT2D eigenvalue weighted by Crippen LogP contribution is -2.41. The van der Waals surface area contributed by atoms with E-state index in [9.17, 15) is 0 Å². The topological polar surface area (TPSA) is 32.3 Å². The molecule has 0 aromatic heterocycles. The highest BCUT2D eigenvalue weighted by Gasteiger charge is 2.23. The van der Waals surface area contributed by atoms with Crippen LogP contribution in [0.15, 0.2) is 11.6 Å². The molecule has 0 aromatic carbocycles. The average Bonchev–Trinajstić information content (AvgIpc) is 1.95. The maximum atomic E-state index is 8.87. The van der Waals surface area contributed by atoms with E-state index in [4.69, 9.17) is 16.7 Å². The van der Waals surface area contributed by atoms with Gasteiger partial charge in [-0.3, -0.25) is 0 Å². The number of hydrogen-bond acceptors (Lipinski definition) is 2. The van der Waals surface area contributed by atoms with Gasteiger partial charge < -0.3 is 10.4 Å². The van der Waals surface area contributed by atoms with Crippen molar-refractivity contribution in [1.29, 1.82) is 0 Å². The fraction of sp³-hybridized carbons (Fsp3) is 0.800. The van der Waals surface area contributed by atoms with Crippen molar-refractivity contribution in [2.75, 3.05) is 13.2 Å². The van der Waals surface area contributed by atoms with Gasteiger partial charge in [0, 0.05) is 24.2 Å². The van der Waals surface area contributed by atoms with Gasteiger partial charge in [-0.15, -0.1) is 0 Å². The molecule has 3 heteroatoms. The molecule has 0 aromatic rings. The summed E-state index contributed by atoms with van der Waals surface area (Å²) in [7, 11) is 0. The van der Waals surface area contributed by atoms with Crippen LogP contribution < -0.4 is 5.32 Å². The van der Waals surface area contributed by atoms with E-state index in [0.29, 0.717) is 11.6 Å². The smallest absolute Gasteiger partial charge is 0.0446 e. The first-order valence-corrected chi connectivity index (χ1v) is 4.93. The second-order valence-corrected chi connectivity index (χ2v) is 4.86. The van der Waals surface area contributed by atoms with Gasteiger partial charge in [-0.25, -0.2) is 0 Å². The van der Waals surface area contributed by atoms with Crippen molar-refractivity contribution in [1.82, 2.24) is 5.32 Å². The Bertz CT molecular complexity index is 163. The van der Waals surface area contributed by atoms with Gasteiger partial charge >= 0.3 is 0 Å². The molecule has 0 bridgehead atoms. The molecule has 0 heterocycles. The number of halogens is 1. The Balaban J connectivity index is 4.02. The number of nitrogens with one attached hydrogen (secondary N) is 1. The Morgan fingerprint density at radius 1 is 1.54 bits per heavy atom. The summed E-state index contributed by atoms with van der Waals surface area (Å²) in [6.07, 6.45) is 0.744. The summed E-state index contributed by atoms with van der Waals surface area (Å²) in [6, 6.07) is 0.271. The maximum absolute atomic E-state index is 8.87. The van der Waals surface area contributed by atoms with Gasteiger partial charge in [0.05, 0.1) is 0 Å². The number of rotatable bonds is 5. The summed E-state index contributed by atoms with van der Waals surface area (Å²) in [5.41, 5.74) is 0.134. The van der Waals surface area contributed by atoms with E-state index in [-0.39, 0.29) is 18.1 Å². The minimum atomic E-state index is 0.134. The second-order valence-electron chi connectivity index (χ2n) is 4.33. The van der Waals surface area contributed by atoms with E-state index >= 15 is 0 Å². The third kappa shape index (κ3) is 6.08. The number of aliphatic hydroxyl groups excluding tert-OH is 1. The van der Waals surface area contributed by atoms with Crippen LogP contribution in [0, 0.1) is 5.41 Å². The molecule has 0 saturated heterocycles. The molecule has 0 aliphatic rings. The predicted octanol–water partition coefficient (Wildman–Crippen LogP) is 2.13. The van der Waals surface area contributed by atoms with E-state index in [0.717, 1.165) is 6.42 Å². The van der Waals surface area contributed by atoms with Crippen LogP contribution in [-0.2, 0) is 0 Å². The summed E-state index contributed by atoms with van der Waals surface area (Å²) in [4.78, 5) is 0. The van der Waals surface area contributed by atoms with Crippen molar-refractivity contribution in [3.8, 4) is 0 Å². The minimum absolute atomic E-state index is 0.134. The van der Waals surface area contributed by atoms with Crippen LogP contribution in [0.1, 0.15) is 27.2 Å². The van der Waals surface area contributed by atoms with Gasteiger partial charge in [-0.05, 0) is 11.8 Å². The van der Waals surface area contributed by atoms with Gasteiger partial charge in [-0.2, -0.15) is 0 Å². The number of hydrogen-bond donors (Lipinski definition) is 2. The Kier molecular flexibility index (Phi) is 5.61. The molecular formula is C10H20ClNO. The van der Waals surface area contributed by atoms with Crippen molar-refractivity contribution in [3.05, 3.63) is 11.6 Å². The Labute approximate surface area is 86.0 Å². The van der Waals surface area contributed by atoms with Crippen LogP contribution in [0.5, 0.6) is 0 Å². The van der Waals surface area contributed by atoms with Gasteiger partial charge in [0.15, 0.2) is 0 Å². The van der Waals surface area contributed by atoms with Gasteiger partial charge in [-0.1, -0.05) is 39.0 Å². The maximum Gasteiger partial charge on any atom is 0.0446 e. The molecule has 1 unspecified atom stereocenters. The summed E-state index contributed by atoms with van der Waals surface area (Å²) in [5, 5.41) is 12.7. The van der Waals surface area contributed by atoms with Crippen LogP contribution >= 0.6 is 11.6 Å². The van der Waals surface area contributed by atoms with Crippen LogP contribution in [0.2, 0.25) is 0 Å². The van der Waals surface area contributed by atoms with Crippen LogP contribution in [0.3, 0.4) is 0 Å². The standard InChI is InChI=1S/C10H20ClNO/c1-8(11)7-12-9(5-6-13)10(2,3)4/h9,12-13H,1,5-7H2,2-4H3. The SMILES string of the molecule is C=C(Cl)CNC(CCO)C(C)(C)C. The zero-order chi connectivity index (χ0) is 10.5. The van der Waals surface area contributed by atoms with E-state index in [1.807, 2.05) is 0 Å². The summed E-state index contributed by atoms with van der Waals surface area (Å²) in [5.74, 6) is 0. The predicted molar refractivity (Wildman–Crippen MR) is 57.9 cm³/mol. The summed E-state index contributed by atoms with van der Waals surface area (Å²) in [6.45, 7) is 10.8. The third-order valence-corrected chi connectivity index (χ3v) is 2.14. The van der Waals surface area contributed by atoms with Crippen molar-refractivity contribution in [2.24, 2.45) is 5.41 Å². The lowest BCUT2D eigenvalue weighted by molar-refractivity contribution is 0.201. The molecule has 0 aliphatic heterocycles. The van der Waals surface area contributed by atoms with Crippen molar-refractivity contribution >= 4 is 11.6 Å².